The number of hydrogen-bond donors (Lipinski definition) is 3. The van der Waals surface area contributed by atoms with Crippen LogP contribution in [0.15, 0.2) is 48.5 Å². The molecule has 0 saturated heterocycles. The van der Waals surface area contributed by atoms with Crippen LogP contribution in [0, 0.1) is 5.92 Å². The number of benzene rings is 2. The molecule has 1 fully saturated rings. The molecule has 1 heterocycles. The van der Waals surface area contributed by atoms with Crippen molar-refractivity contribution in [2.24, 2.45) is 5.92 Å². The van der Waals surface area contributed by atoms with Crippen molar-refractivity contribution in [2.75, 3.05) is 13.1 Å². The number of nitrogens with one attached hydrogen (secondary N) is 2. The second-order valence-corrected chi connectivity index (χ2v) is 9.64. The maximum Gasteiger partial charge on any atom is 0.306 e. The van der Waals surface area contributed by atoms with Gasteiger partial charge in [0.25, 0.3) is 11.8 Å². The second-order valence-electron chi connectivity index (χ2n) is 8.21. The fourth-order valence-corrected chi connectivity index (χ4v) is 5.43. The predicted molar refractivity (Wildman–Crippen MR) is 132 cm³/mol. The number of carbonyl (C=O) groups excluding carboxylic acids is 2. The van der Waals surface area contributed by atoms with E-state index in [-0.39, 0.29) is 36.9 Å². The van der Waals surface area contributed by atoms with Crippen LogP contribution in [-0.4, -0.2) is 42.1 Å². The lowest BCUT2D eigenvalue weighted by Crippen LogP contribution is -2.34. The molecule has 1 aliphatic carbocycles. The van der Waals surface area contributed by atoms with E-state index in [1.165, 1.54) is 11.3 Å². The summed E-state index contributed by atoms with van der Waals surface area (Å²) >= 11 is 7.67. The van der Waals surface area contributed by atoms with Gasteiger partial charge in [0.05, 0.1) is 17.0 Å². The minimum Gasteiger partial charge on any atom is -0.490 e. The summed E-state index contributed by atoms with van der Waals surface area (Å²) in [5.74, 6) is -0.875. The van der Waals surface area contributed by atoms with Crippen LogP contribution in [-0.2, 0) is 4.79 Å². The van der Waals surface area contributed by atoms with Gasteiger partial charge in [-0.25, -0.2) is 0 Å². The van der Waals surface area contributed by atoms with Crippen LogP contribution in [0.2, 0.25) is 5.02 Å². The summed E-state index contributed by atoms with van der Waals surface area (Å²) in [5.41, 5.74) is 0.487. The monoisotopic (exact) mass is 500 g/mol. The van der Waals surface area contributed by atoms with Crippen molar-refractivity contribution >= 4 is 50.8 Å². The molecule has 0 unspecified atom stereocenters. The molecule has 7 nitrogen and oxygen atoms in total. The van der Waals surface area contributed by atoms with Crippen molar-refractivity contribution < 1.29 is 24.2 Å². The zero-order chi connectivity index (χ0) is 24.1. The maximum absolute atomic E-state index is 12.5. The van der Waals surface area contributed by atoms with Crippen molar-refractivity contribution in [3.63, 3.8) is 0 Å². The Morgan fingerprint density at radius 1 is 0.941 bits per heavy atom. The number of rotatable bonds is 8. The van der Waals surface area contributed by atoms with Crippen molar-refractivity contribution in [3.8, 4) is 5.75 Å². The van der Waals surface area contributed by atoms with Gasteiger partial charge in [0.2, 0.25) is 0 Å². The van der Waals surface area contributed by atoms with E-state index in [0.29, 0.717) is 46.9 Å². The van der Waals surface area contributed by atoms with Gasteiger partial charge < -0.3 is 20.5 Å². The van der Waals surface area contributed by atoms with E-state index in [1.54, 1.807) is 24.3 Å². The number of amides is 2. The van der Waals surface area contributed by atoms with E-state index in [2.05, 4.69) is 10.6 Å². The third kappa shape index (κ3) is 5.69. The van der Waals surface area contributed by atoms with E-state index >= 15 is 0 Å². The molecule has 0 radical (unpaired) electrons. The molecule has 0 aliphatic heterocycles. The van der Waals surface area contributed by atoms with Crippen LogP contribution in [0.3, 0.4) is 0 Å². The number of ether oxygens (including phenoxy) is 1. The summed E-state index contributed by atoms with van der Waals surface area (Å²) in [7, 11) is 0. The molecule has 9 heteroatoms. The number of carboxylic acid groups (broad SMARTS) is 1. The molecule has 3 aromatic rings. The Bertz CT molecular complexity index is 1190. The lowest BCUT2D eigenvalue weighted by Gasteiger charge is -2.26. The molecule has 2 aromatic carbocycles. The average Bonchev–Trinajstić information content (AvgIpc) is 3.19. The van der Waals surface area contributed by atoms with Crippen molar-refractivity contribution in [1.82, 2.24) is 10.6 Å². The van der Waals surface area contributed by atoms with E-state index in [4.69, 9.17) is 21.4 Å². The topological polar surface area (TPSA) is 105 Å². The molecule has 4 rings (SSSR count). The number of halogens is 1. The molecular formula is C25H25ClN2O5S. The number of hydrogen-bond acceptors (Lipinski definition) is 5. The lowest BCUT2D eigenvalue weighted by molar-refractivity contribution is -0.143. The van der Waals surface area contributed by atoms with Crippen LogP contribution in [0.25, 0.3) is 10.1 Å². The van der Waals surface area contributed by atoms with Crippen LogP contribution in [0.4, 0.5) is 0 Å². The highest BCUT2D eigenvalue weighted by molar-refractivity contribution is 7.21. The Morgan fingerprint density at radius 3 is 2.24 bits per heavy atom. The molecule has 3 N–H and O–H groups in total. The van der Waals surface area contributed by atoms with Crippen LogP contribution >= 0.6 is 22.9 Å². The third-order valence-electron chi connectivity index (χ3n) is 5.88. The van der Waals surface area contributed by atoms with Gasteiger partial charge in [-0.1, -0.05) is 29.8 Å². The van der Waals surface area contributed by atoms with Gasteiger partial charge in [-0.2, -0.15) is 0 Å². The number of aliphatic carboxylic acids is 1. The largest absolute Gasteiger partial charge is 0.490 e. The third-order valence-corrected chi connectivity index (χ3v) is 7.55. The highest BCUT2D eigenvalue weighted by Crippen LogP contribution is 2.35. The zero-order valence-corrected chi connectivity index (χ0v) is 20.0. The number of carboxylic acids is 1. The molecule has 1 saturated carbocycles. The highest BCUT2D eigenvalue weighted by Gasteiger charge is 2.27. The molecule has 0 bridgehead atoms. The fourth-order valence-electron chi connectivity index (χ4n) is 4.00. The highest BCUT2D eigenvalue weighted by atomic mass is 35.5. The van der Waals surface area contributed by atoms with Crippen molar-refractivity contribution in [1.29, 1.82) is 0 Å². The summed E-state index contributed by atoms with van der Waals surface area (Å²) in [5, 5.41) is 16.0. The molecule has 178 valence electrons. The van der Waals surface area contributed by atoms with E-state index in [0.717, 1.165) is 10.1 Å². The minimum absolute atomic E-state index is 0.00618. The van der Waals surface area contributed by atoms with Gasteiger partial charge in [-0.05, 0) is 56.0 Å². The average molecular weight is 501 g/mol. The summed E-state index contributed by atoms with van der Waals surface area (Å²) < 4.78 is 6.88. The van der Waals surface area contributed by atoms with E-state index < -0.39 is 5.97 Å². The minimum atomic E-state index is -0.739. The standard InChI is InChI=1S/C25H25ClN2O5S/c26-21-19-3-1-2-4-20(19)34-22(21)24(30)28-14-13-27-23(29)15-5-9-17(10-6-15)33-18-11-7-16(8-12-18)25(31)32/h1-6,9-10,16,18H,7-8,11-14H2,(H,27,29)(H,28,30)(H,31,32)/t16-,18-. The predicted octanol–water partition coefficient (Wildman–Crippen LogP) is 4.74. The zero-order valence-electron chi connectivity index (χ0n) is 18.4. The first-order valence-corrected chi connectivity index (χ1v) is 12.3. The van der Waals surface area contributed by atoms with Crippen molar-refractivity contribution in [2.45, 2.75) is 31.8 Å². The fraction of sp³-hybridized carbons (Fsp3) is 0.320. The molecule has 1 aliphatic rings. The summed E-state index contributed by atoms with van der Waals surface area (Å²) in [6.07, 6.45) is 2.64. The second kappa shape index (κ2) is 10.9. The Balaban J connectivity index is 1.21. The number of thiophene rings is 1. The summed E-state index contributed by atoms with van der Waals surface area (Å²) in [6, 6.07) is 14.4. The SMILES string of the molecule is O=C(NCCNC(=O)c1sc2ccccc2c1Cl)c1ccc(O[C@H]2CC[C@H](C(=O)O)CC2)cc1. The van der Waals surface area contributed by atoms with Crippen molar-refractivity contribution in [3.05, 3.63) is 64.0 Å². The first-order chi connectivity index (χ1) is 16.4. The van der Waals surface area contributed by atoms with E-state index in [1.807, 2.05) is 24.3 Å². The van der Waals surface area contributed by atoms with Gasteiger partial charge in [0.1, 0.15) is 10.6 Å². The number of fused-ring (bicyclic) bond motifs is 1. The Labute approximate surface area is 206 Å². The number of carbonyl (C=O) groups is 3. The molecule has 34 heavy (non-hydrogen) atoms. The molecule has 1 aromatic heterocycles. The van der Waals surface area contributed by atoms with Gasteiger partial charge in [0, 0.05) is 28.7 Å². The van der Waals surface area contributed by atoms with Gasteiger partial charge in [-0.15, -0.1) is 11.3 Å². The molecule has 0 atom stereocenters. The molecule has 0 spiro atoms. The molecule has 2 amide bonds. The van der Waals surface area contributed by atoms with Crippen LogP contribution in [0.5, 0.6) is 5.75 Å². The summed E-state index contributed by atoms with van der Waals surface area (Å²) in [4.78, 5) is 36.4. The quantitative estimate of drug-likeness (QED) is 0.387. The van der Waals surface area contributed by atoms with Gasteiger partial charge in [-0.3, -0.25) is 14.4 Å². The summed E-state index contributed by atoms with van der Waals surface area (Å²) in [6.45, 7) is 0.549. The smallest absolute Gasteiger partial charge is 0.306 e. The normalized spacial score (nSPS) is 17.8. The lowest BCUT2D eigenvalue weighted by atomic mass is 9.87. The molecular weight excluding hydrogens is 476 g/mol. The van der Waals surface area contributed by atoms with E-state index in [9.17, 15) is 14.4 Å². The first kappa shape index (κ1) is 24.0. The maximum atomic E-state index is 12.5. The van der Waals surface area contributed by atoms with Gasteiger partial charge in [0.15, 0.2) is 0 Å². The Hall–Kier alpha value is -3.10. The van der Waals surface area contributed by atoms with Gasteiger partial charge >= 0.3 is 5.97 Å². The Kier molecular flexibility index (Phi) is 7.70. The Morgan fingerprint density at radius 2 is 1.59 bits per heavy atom. The van der Waals surface area contributed by atoms with Crippen LogP contribution in [0.1, 0.15) is 45.7 Å². The first-order valence-electron chi connectivity index (χ1n) is 11.2. The van der Waals surface area contributed by atoms with Crippen LogP contribution < -0.4 is 15.4 Å².